The molecule has 98 valence electrons. The average molecular weight is 266 g/mol. The standard InChI is InChI=1S/C13H18N2O2S/c1-14-10-11-3-4-13-12(9-11)5-6-15(13)7-8-18(2,16)17/h3-6,9,14H,7-8,10H2,1-2H3. The number of sulfone groups is 1. The van der Waals surface area contributed by atoms with Gasteiger partial charge in [-0.05, 0) is 36.2 Å². The van der Waals surface area contributed by atoms with Gasteiger partial charge >= 0.3 is 0 Å². The lowest BCUT2D eigenvalue weighted by molar-refractivity contribution is 0.596. The Hall–Kier alpha value is -1.33. The molecular formula is C13H18N2O2S. The first-order valence-corrected chi connectivity index (χ1v) is 7.96. The van der Waals surface area contributed by atoms with Crippen LogP contribution in [0.4, 0.5) is 0 Å². The van der Waals surface area contributed by atoms with E-state index in [1.807, 2.05) is 29.9 Å². The molecule has 1 N–H and O–H groups in total. The summed E-state index contributed by atoms with van der Waals surface area (Å²) in [7, 11) is -0.998. The van der Waals surface area contributed by atoms with E-state index >= 15 is 0 Å². The largest absolute Gasteiger partial charge is 0.346 e. The van der Waals surface area contributed by atoms with Crippen LogP contribution in [0.1, 0.15) is 5.56 Å². The normalized spacial score (nSPS) is 12.1. The van der Waals surface area contributed by atoms with Crippen LogP contribution in [-0.2, 0) is 22.9 Å². The molecule has 18 heavy (non-hydrogen) atoms. The molecule has 2 aromatic rings. The fourth-order valence-electron chi connectivity index (χ4n) is 2.02. The number of hydrogen-bond acceptors (Lipinski definition) is 3. The summed E-state index contributed by atoms with van der Waals surface area (Å²) in [5, 5.41) is 4.26. The Labute approximate surface area is 108 Å². The number of aromatic nitrogens is 1. The van der Waals surface area contributed by atoms with Crippen molar-refractivity contribution < 1.29 is 8.42 Å². The van der Waals surface area contributed by atoms with Gasteiger partial charge in [0.15, 0.2) is 0 Å². The second-order valence-corrected chi connectivity index (χ2v) is 6.82. The highest BCUT2D eigenvalue weighted by atomic mass is 32.2. The van der Waals surface area contributed by atoms with Crippen LogP contribution in [0, 0.1) is 0 Å². The smallest absolute Gasteiger partial charge is 0.149 e. The molecule has 0 aliphatic rings. The number of benzene rings is 1. The van der Waals surface area contributed by atoms with Crippen molar-refractivity contribution in [1.29, 1.82) is 0 Å². The molecule has 0 aliphatic carbocycles. The third-order valence-electron chi connectivity index (χ3n) is 2.92. The van der Waals surface area contributed by atoms with Crippen molar-refractivity contribution in [3.63, 3.8) is 0 Å². The molecule has 0 saturated heterocycles. The summed E-state index contributed by atoms with van der Waals surface area (Å²) in [6.07, 6.45) is 3.21. The molecule has 0 atom stereocenters. The fraction of sp³-hybridized carbons (Fsp3) is 0.385. The van der Waals surface area contributed by atoms with Crippen LogP contribution in [-0.4, -0.2) is 32.0 Å². The number of fused-ring (bicyclic) bond motifs is 1. The third-order valence-corrected chi connectivity index (χ3v) is 3.84. The molecule has 0 bridgehead atoms. The van der Waals surface area contributed by atoms with E-state index in [2.05, 4.69) is 17.4 Å². The lowest BCUT2D eigenvalue weighted by Gasteiger charge is -2.05. The Morgan fingerprint density at radius 2 is 2.06 bits per heavy atom. The van der Waals surface area contributed by atoms with Gasteiger partial charge in [0.1, 0.15) is 9.84 Å². The molecule has 0 saturated carbocycles. The summed E-state index contributed by atoms with van der Waals surface area (Å²) in [5.41, 5.74) is 2.31. The molecule has 4 nitrogen and oxygen atoms in total. The minimum absolute atomic E-state index is 0.176. The first kappa shape index (κ1) is 13.1. The summed E-state index contributed by atoms with van der Waals surface area (Å²) in [6.45, 7) is 1.35. The van der Waals surface area contributed by atoms with Crippen molar-refractivity contribution in [3.05, 3.63) is 36.0 Å². The van der Waals surface area contributed by atoms with Gasteiger partial charge in [0.2, 0.25) is 0 Å². The maximum atomic E-state index is 11.2. The van der Waals surface area contributed by atoms with Crippen molar-refractivity contribution >= 4 is 20.7 Å². The van der Waals surface area contributed by atoms with Gasteiger partial charge in [0.25, 0.3) is 0 Å². The highest BCUT2D eigenvalue weighted by Crippen LogP contribution is 2.17. The Kier molecular flexibility index (Phi) is 3.73. The zero-order chi connectivity index (χ0) is 13.2. The molecule has 2 rings (SSSR count). The third kappa shape index (κ3) is 3.11. The molecule has 0 amide bonds. The first-order chi connectivity index (χ1) is 8.49. The van der Waals surface area contributed by atoms with E-state index in [0.717, 1.165) is 17.4 Å². The molecule has 5 heteroatoms. The highest BCUT2D eigenvalue weighted by Gasteiger charge is 2.06. The maximum Gasteiger partial charge on any atom is 0.149 e. The van der Waals surface area contributed by atoms with Crippen molar-refractivity contribution in [2.45, 2.75) is 13.1 Å². The predicted octanol–water partition coefficient (Wildman–Crippen LogP) is 1.41. The van der Waals surface area contributed by atoms with Crippen LogP contribution in [0.25, 0.3) is 10.9 Å². The quantitative estimate of drug-likeness (QED) is 0.890. The molecule has 1 aromatic carbocycles. The van der Waals surface area contributed by atoms with E-state index in [1.54, 1.807) is 0 Å². The van der Waals surface area contributed by atoms with Gasteiger partial charge in [-0.3, -0.25) is 0 Å². The summed E-state index contributed by atoms with van der Waals surface area (Å²) in [4.78, 5) is 0. The number of hydrogen-bond donors (Lipinski definition) is 1. The second kappa shape index (κ2) is 5.12. The Morgan fingerprint density at radius 3 is 2.72 bits per heavy atom. The highest BCUT2D eigenvalue weighted by molar-refractivity contribution is 7.90. The maximum absolute atomic E-state index is 11.2. The number of aryl methyl sites for hydroxylation is 1. The molecule has 0 fully saturated rings. The predicted molar refractivity (Wildman–Crippen MR) is 74.4 cm³/mol. The van der Waals surface area contributed by atoms with Gasteiger partial charge in [-0.15, -0.1) is 0 Å². The van der Waals surface area contributed by atoms with Crippen LogP contribution in [0.2, 0.25) is 0 Å². The fourth-order valence-corrected chi connectivity index (χ4v) is 2.55. The molecule has 1 aromatic heterocycles. The van der Waals surface area contributed by atoms with Gasteiger partial charge in [0.05, 0.1) is 5.75 Å². The molecule has 1 heterocycles. The minimum Gasteiger partial charge on any atom is -0.346 e. The number of rotatable bonds is 5. The molecule has 0 spiro atoms. The number of nitrogens with zero attached hydrogens (tertiary/aromatic N) is 1. The summed E-state index contributed by atoms with van der Waals surface area (Å²) in [6, 6.07) is 8.26. The summed E-state index contributed by atoms with van der Waals surface area (Å²) >= 11 is 0. The number of nitrogens with one attached hydrogen (secondary N) is 1. The van der Waals surface area contributed by atoms with Crippen molar-refractivity contribution in [2.75, 3.05) is 19.1 Å². The minimum atomic E-state index is -2.92. The second-order valence-electron chi connectivity index (χ2n) is 4.56. The Bertz CT molecular complexity index is 644. The van der Waals surface area contributed by atoms with Gasteiger partial charge in [0, 0.05) is 31.1 Å². The van der Waals surface area contributed by atoms with E-state index < -0.39 is 9.84 Å². The van der Waals surface area contributed by atoms with Crippen LogP contribution < -0.4 is 5.32 Å². The van der Waals surface area contributed by atoms with Crippen molar-refractivity contribution in [3.8, 4) is 0 Å². The summed E-state index contributed by atoms with van der Waals surface area (Å²) in [5.74, 6) is 0.176. The molecule has 0 radical (unpaired) electrons. The zero-order valence-electron chi connectivity index (χ0n) is 10.7. The monoisotopic (exact) mass is 266 g/mol. The topological polar surface area (TPSA) is 51.1 Å². The molecule has 0 aliphatic heterocycles. The van der Waals surface area contributed by atoms with Gasteiger partial charge in [-0.2, -0.15) is 0 Å². The van der Waals surface area contributed by atoms with E-state index in [0.29, 0.717) is 6.54 Å². The summed E-state index contributed by atoms with van der Waals surface area (Å²) < 4.78 is 24.3. The van der Waals surface area contributed by atoms with Gasteiger partial charge in [-0.25, -0.2) is 8.42 Å². The van der Waals surface area contributed by atoms with E-state index in [9.17, 15) is 8.42 Å². The van der Waals surface area contributed by atoms with Crippen molar-refractivity contribution in [2.24, 2.45) is 0 Å². The Morgan fingerprint density at radius 1 is 1.28 bits per heavy atom. The van der Waals surface area contributed by atoms with Crippen molar-refractivity contribution in [1.82, 2.24) is 9.88 Å². The van der Waals surface area contributed by atoms with Gasteiger partial charge in [-0.1, -0.05) is 6.07 Å². The van der Waals surface area contributed by atoms with Gasteiger partial charge < -0.3 is 9.88 Å². The molecular weight excluding hydrogens is 248 g/mol. The van der Waals surface area contributed by atoms with Crippen LogP contribution in [0.5, 0.6) is 0 Å². The van der Waals surface area contributed by atoms with E-state index in [1.165, 1.54) is 11.8 Å². The van der Waals surface area contributed by atoms with Crippen LogP contribution >= 0.6 is 0 Å². The average Bonchev–Trinajstić information content (AvgIpc) is 2.68. The van der Waals surface area contributed by atoms with E-state index in [4.69, 9.17) is 0 Å². The van der Waals surface area contributed by atoms with Crippen LogP contribution in [0.3, 0.4) is 0 Å². The first-order valence-electron chi connectivity index (χ1n) is 5.90. The van der Waals surface area contributed by atoms with E-state index in [-0.39, 0.29) is 5.75 Å². The Balaban J connectivity index is 2.26. The lowest BCUT2D eigenvalue weighted by Crippen LogP contribution is -2.10. The lowest BCUT2D eigenvalue weighted by atomic mass is 10.1. The SMILES string of the molecule is CNCc1ccc2c(ccn2CCS(C)(=O)=O)c1. The zero-order valence-corrected chi connectivity index (χ0v) is 11.5. The molecule has 0 unspecified atom stereocenters. The van der Waals surface area contributed by atoms with Crippen LogP contribution in [0.15, 0.2) is 30.5 Å².